The summed E-state index contributed by atoms with van der Waals surface area (Å²) in [4.78, 5) is 25.1. The number of aromatic nitrogens is 2. The summed E-state index contributed by atoms with van der Waals surface area (Å²) in [6, 6.07) is 15.8. The summed E-state index contributed by atoms with van der Waals surface area (Å²) in [6.45, 7) is 0.122. The van der Waals surface area contributed by atoms with Gasteiger partial charge in [0.05, 0.1) is 12.2 Å². The molecular weight excluding hydrogens is 408 g/mol. The standard InChI is InChI=1S/C24H20N4O4/c25-23(29)20-12-28(24(30)32-20)15-8-9-16-13(10-15)5-3-6-17-21(16)26-27-22(17)19-11-14-4-1-2-7-18(14)31-19/h1-2,4,7-11,20H,3,5-6,12H2,(H2,25,29)(H,26,27). The van der Waals surface area contributed by atoms with Gasteiger partial charge in [-0.2, -0.15) is 5.10 Å². The van der Waals surface area contributed by atoms with E-state index in [0.717, 1.165) is 64.1 Å². The molecule has 0 bridgehead atoms. The highest BCUT2D eigenvalue weighted by atomic mass is 16.6. The van der Waals surface area contributed by atoms with E-state index in [-0.39, 0.29) is 6.54 Å². The molecule has 0 saturated carbocycles. The van der Waals surface area contributed by atoms with E-state index in [4.69, 9.17) is 14.9 Å². The van der Waals surface area contributed by atoms with E-state index in [1.165, 1.54) is 4.90 Å². The number of carbonyl (C=O) groups is 2. The number of cyclic esters (lactones) is 1. The predicted molar refractivity (Wildman–Crippen MR) is 118 cm³/mol. The van der Waals surface area contributed by atoms with E-state index in [0.29, 0.717) is 5.69 Å². The summed E-state index contributed by atoms with van der Waals surface area (Å²) >= 11 is 0. The van der Waals surface area contributed by atoms with E-state index >= 15 is 0 Å². The van der Waals surface area contributed by atoms with E-state index in [9.17, 15) is 9.59 Å². The number of rotatable bonds is 3. The van der Waals surface area contributed by atoms with E-state index < -0.39 is 18.1 Å². The molecule has 2 amide bonds. The van der Waals surface area contributed by atoms with Crippen LogP contribution in [0.3, 0.4) is 0 Å². The van der Waals surface area contributed by atoms with Gasteiger partial charge in [-0.25, -0.2) is 4.79 Å². The molecule has 4 aromatic rings. The molecule has 2 aromatic carbocycles. The Bertz CT molecular complexity index is 1350. The van der Waals surface area contributed by atoms with Crippen molar-refractivity contribution in [3.63, 3.8) is 0 Å². The van der Waals surface area contributed by atoms with Crippen LogP contribution in [0, 0.1) is 0 Å². The molecule has 6 rings (SSSR count). The molecule has 1 aliphatic carbocycles. The normalized spacial score (nSPS) is 17.7. The number of primary amides is 1. The van der Waals surface area contributed by atoms with Crippen LogP contribution in [0.4, 0.5) is 10.5 Å². The van der Waals surface area contributed by atoms with Gasteiger partial charge in [0, 0.05) is 22.2 Å². The lowest BCUT2D eigenvalue weighted by Gasteiger charge is -2.15. The SMILES string of the molecule is NC(=O)C1CN(c2ccc3c(c2)CCCc2c-3n[nH]c2-c2cc3ccccc3o2)C(=O)O1. The number of aromatic amines is 1. The van der Waals surface area contributed by atoms with E-state index in [1.807, 2.05) is 48.5 Å². The molecule has 160 valence electrons. The van der Waals surface area contributed by atoms with Crippen molar-refractivity contribution in [2.75, 3.05) is 11.4 Å². The first-order chi connectivity index (χ1) is 15.6. The topological polar surface area (TPSA) is 114 Å². The van der Waals surface area contributed by atoms with Gasteiger partial charge in [-0.1, -0.05) is 24.3 Å². The fraction of sp³-hybridized carbons (Fsp3) is 0.208. The van der Waals surface area contributed by atoms with Crippen molar-refractivity contribution in [1.29, 1.82) is 0 Å². The second-order valence-electron chi connectivity index (χ2n) is 8.15. The van der Waals surface area contributed by atoms with Gasteiger partial charge in [0.1, 0.15) is 11.3 Å². The molecular formula is C24H20N4O4. The number of H-pyrrole nitrogens is 1. The maximum atomic E-state index is 12.2. The summed E-state index contributed by atoms with van der Waals surface area (Å²) in [5.41, 5.74) is 11.9. The summed E-state index contributed by atoms with van der Waals surface area (Å²) < 4.78 is 11.1. The number of hydrogen-bond acceptors (Lipinski definition) is 5. The van der Waals surface area contributed by atoms with Gasteiger partial charge >= 0.3 is 6.09 Å². The third-order valence-electron chi connectivity index (χ3n) is 6.20. The number of nitrogens with zero attached hydrogens (tertiary/aromatic N) is 2. The smallest absolute Gasteiger partial charge is 0.415 e. The molecule has 8 heteroatoms. The quantitative estimate of drug-likeness (QED) is 0.515. The third kappa shape index (κ3) is 2.87. The van der Waals surface area contributed by atoms with Crippen LogP contribution in [0.15, 0.2) is 52.9 Å². The van der Waals surface area contributed by atoms with Crippen molar-refractivity contribution in [3.05, 3.63) is 59.7 Å². The lowest BCUT2D eigenvalue weighted by Crippen LogP contribution is -2.32. The Morgan fingerprint density at radius 2 is 2.03 bits per heavy atom. The van der Waals surface area contributed by atoms with Gasteiger partial charge in [0.15, 0.2) is 11.9 Å². The highest BCUT2D eigenvalue weighted by Gasteiger charge is 2.36. The van der Waals surface area contributed by atoms with Crippen molar-refractivity contribution < 1.29 is 18.7 Å². The van der Waals surface area contributed by atoms with E-state index in [2.05, 4.69) is 10.2 Å². The highest BCUT2D eigenvalue weighted by Crippen LogP contribution is 2.39. The number of hydrogen-bond donors (Lipinski definition) is 2. The van der Waals surface area contributed by atoms with Gasteiger partial charge in [0.2, 0.25) is 0 Å². The first-order valence-corrected chi connectivity index (χ1v) is 10.6. The Labute approximate surface area is 182 Å². The number of benzene rings is 2. The number of carbonyl (C=O) groups excluding carboxylic acids is 2. The van der Waals surface area contributed by atoms with Crippen LogP contribution in [0.1, 0.15) is 17.5 Å². The van der Waals surface area contributed by atoms with Gasteiger partial charge in [0.25, 0.3) is 5.91 Å². The molecule has 32 heavy (non-hydrogen) atoms. The maximum absolute atomic E-state index is 12.2. The number of nitrogens with one attached hydrogen (secondary N) is 1. The average Bonchev–Trinajstić information content (AvgIpc) is 3.47. The maximum Gasteiger partial charge on any atom is 0.415 e. The summed E-state index contributed by atoms with van der Waals surface area (Å²) in [5, 5.41) is 8.86. The van der Waals surface area contributed by atoms with Crippen LogP contribution in [0.5, 0.6) is 0 Å². The number of nitrogens with two attached hydrogens (primary N) is 1. The predicted octanol–water partition coefficient (Wildman–Crippen LogP) is 3.79. The fourth-order valence-electron chi connectivity index (χ4n) is 4.60. The zero-order chi connectivity index (χ0) is 21.8. The lowest BCUT2D eigenvalue weighted by atomic mass is 10.0. The highest BCUT2D eigenvalue weighted by molar-refractivity contribution is 5.95. The van der Waals surface area contributed by atoms with E-state index in [1.54, 1.807) is 0 Å². The number of para-hydroxylation sites is 1. The summed E-state index contributed by atoms with van der Waals surface area (Å²) in [5.74, 6) is 0.132. The molecule has 3 N–H and O–H groups in total. The molecule has 2 aliphatic rings. The molecule has 1 unspecified atom stereocenters. The number of anilines is 1. The van der Waals surface area contributed by atoms with Crippen LogP contribution >= 0.6 is 0 Å². The number of amides is 2. The van der Waals surface area contributed by atoms with Crippen molar-refractivity contribution in [2.45, 2.75) is 25.4 Å². The number of fused-ring (bicyclic) bond motifs is 4. The van der Waals surface area contributed by atoms with Crippen molar-refractivity contribution in [1.82, 2.24) is 10.2 Å². The average molecular weight is 428 g/mol. The molecule has 1 fully saturated rings. The minimum absolute atomic E-state index is 0.122. The minimum Gasteiger partial charge on any atom is -0.454 e. The Kier molecular flexibility index (Phi) is 4.07. The molecule has 1 aliphatic heterocycles. The lowest BCUT2D eigenvalue weighted by molar-refractivity contribution is -0.124. The van der Waals surface area contributed by atoms with Crippen LogP contribution in [-0.2, 0) is 22.4 Å². The number of aryl methyl sites for hydroxylation is 1. The molecule has 2 aromatic heterocycles. The van der Waals surface area contributed by atoms with Gasteiger partial charge in [-0.15, -0.1) is 0 Å². The molecule has 1 saturated heterocycles. The zero-order valence-corrected chi connectivity index (χ0v) is 17.1. The van der Waals surface area contributed by atoms with Gasteiger partial charge < -0.3 is 14.9 Å². The van der Waals surface area contributed by atoms with Crippen molar-refractivity contribution >= 4 is 28.7 Å². The Balaban J connectivity index is 1.38. The summed E-state index contributed by atoms with van der Waals surface area (Å²) in [6.07, 6.45) is 1.16. The second kappa shape index (κ2) is 6.98. The minimum atomic E-state index is -0.925. The fourth-order valence-corrected chi connectivity index (χ4v) is 4.60. The van der Waals surface area contributed by atoms with Gasteiger partial charge in [-0.05, 0) is 49.1 Å². The molecule has 0 spiro atoms. The zero-order valence-electron chi connectivity index (χ0n) is 17.1. The first-order valence-electron chi connectivity index (χ1n) is 10.6. The molecule has 8 nitrogen and oxygen atoms in total. The monoisotopic (exact) mass is 428 g/mol. The summed E-state index contributed by atoms with van der Waals surface area (Å²) in [7, 11) is 0. The van der Waals surface area contributed by atoms with Crippen molar-refractivity contribution in [3.8, 4) is 22.7 Å². The molecule has 3 heterocycles. The van der Waals surface area contributed by atoms with Crippen LogP contribution < -0.4 is 10.6 Å². The van der Waals surface area contributed by atoms with Crippen LogP contribution in [0.2, 0.25) is 0 Å². The Hall–Kier alpha value is -4.07. The molecule has 1 atom stereocenters. The first kappa shape index (κ1) is 18.7. The number of ether oxygens (including phenoxy) is 1. The van der Waals surface area contributed by atoms with Crippen molar-refractivity contribution in [2.24, 2.45) is 5.73 Å². The van der Waals surface area contributed by atoms with Crippen LogP contribution in [0.25, 0.3) is 33.7 Å². The third-order valence-corrected chi connectivity index (χ3v) is 6.20. The van der Waals surface area contributed by atoms with Gasteiger partial charge in [-0.3, -0.25) is 14.8 Å². The molecule has 0 radical (unpaired) electrons. The largest absolute Gasteiger partial charge is 0.454 e. The van der Waals surface area contributed by atoms with Crippen LogP contribution in [-0.4, -0.2) is 34.8 Å². The second-order valence-corrected chi connectivity index (χ2v) is 8.15. The Morgan fingerprint density at radius 3 is 2.84 bits per heavy atom. The number of furan rings is 1. The Morgan fingerprint density at radius 1 is 1.16 bits per heavy atom.